The summed E-state index contributed by atoms with van der Waals surface area (Å²) >= 11 is 1.59. The van der Waals surface area contributed by atoms with Crippen molar-refractivity contribution in [2.75, 3.05) is 6.54 Å². The number of hydrogen-bond acceptors (Lipinski definition) is 4. The maximum Gasteiger partial charge on any atom is 0.227 e. The van der Waals surface area contributed by atoms with Crippen LogP contribution in [-0.4, -0.2) is 17.4 Å². The van der Waals surface area contributed by atoms with Crippen LogP contribution in [0.25, 0.3) is 0 Å². The van der Waals surface area contributed by atoms with E-state index in [-0.39, 0.29) is 5.91 Å². The molecule has 0 saturated carbocycles. The number of nitrogens with two attached hydrogens (primary N) is 1. The quantitative estimate of drug-likeness (QED) is 0.815. The fourth-order valence-electron chi connectivity index (χ4n) is 1.80. The minimum atomic E-state index is -0.426. The van der Waals surface area contributed by atoms with Crippen molar-refractivity contribution in [1.29, 1.82) is 0 Å². The maximum atomic E-state index is 12.1. The van der Waals surface area contributed by atoms with Crippen LogP contribution in [0.15, 0.2) is 5.38 Å². The first-order chi connectivity index (χ1) is 8.07. The standard InChI is InChI=1S/C12H21N3OS/c1-4-12(5-2,8-13)11(16)14-6-10-7-17-9(3)15-10/h7H,4-6,8,13H2,1-3H3,(H,14,16). The molecular weight excluding hydrogens is 234 g/mol. The van der Waals surface area contributed by atoms with Gasteiger partial charge in [-0.05, 0) is 19.8 Å². The molecule has 4 nitrogen and oxygen atoms in total. The van der Waals surface area contributed by atoms with Gasteiger partial charge in [0.25, 0.3) is 0 Å². The lowest BCUT2D eigenvalue weighted by molar-refractivity contribution is -0.131. The van der Waals surface area contributed by atoms with E-state index in [9.17, 15) is 4.79 Å². The van der Waals surface area contributed by atoms with Crippen LogP contribution in [0.5, 0.6) is 0 Å². The molecule has 1 aromatic heterocycles. The van der Waals surface area contributed by atoms with Crippen LogP contribution in [0.2, 0.25) is 0 Å². The van der Waals surface area contributed by atoms with E-state index in [0.29, 0.717) is 13.1 Å². The third kappa shape index (κ3) is 3.26. The van der Waals surface area contributed by atoms with E-state index in [1.165, 1.54) is 0 Å². The third-order valence-electron chi connectivity index (χ3n) is 3.32. The Hall–Kier alpha value is -0.940. The molecule has 0 fully saturated rings. The van der Waals surface area contributed by atoms with Gasteiger partial charge in [-0.3, -0.25) is 4.79 Å². The lowest BCUT2D eigenvalue weighted by Gasteiger charge is -2.28. The highest BCUT2D eigenvalue weighted by Gasteiger charge is 2.32. The molecule has 0 aliphatic carbocycles. The number of amides is 1. The van der Waals surface area contributed by atoms with E-state index in [2.05, 4.69) is 10.3 Å². The number of thiazole rings is 1. The van der Waals surface area contributed by atoms with Crippen LogP contribution in [0, 0.1) is 12.3 Å². The maximum absolute atomic E-state index is 12.1. The minimum Gasteiger partial charge on any atom is -0.350 e. The van der Waals surface area contributed by atoms with Gasteiger partial charge in [0.2, 0.25) is 5.91 Å². The number of carbonyl (C=O) groups excluding carboxylic acids is 1. The number of rotatable bonds is 6. The van der Waals surface area contributed by atoms with Crippen LogP contribution in [0.3, 0.4) is 0 Å². The summed E-state index contributed by atoms with van der Waals surface area (Å²) in [5, 5.41) is 5.92. The van der Waals surface area contributed by atoms with E-state index < -0.39 is 5.41 Å². The fourth-order valence-corrected chi connectivity index (χ4v) is 2.41. The summed E-state index contributed by atoms with van der Waals surface area (Å²) in [5.74, 6) is 0.0376. The molecule has 0 bridgehead atoms. The summed E-state index contributed by atoms with van der Waals surface area (Å²) in [7, 11) is 0. The van der Waals surface area contributed by atoms with Crippen molar-refractivity contribution in [2.24, 2.45) is 11.1 Å². The van der Waals surface area contributed by atoms with Crippen molar-refractivity contribution in [1.82, 2.24) is 10.3 Å². The molecule has 0 spiro atoms. The van der Waals surface area contributed by atoms with Gasteiger partial charge in [-0.15, -0.1) is 11.3 Å². The van der Waals surface area contributed by atoms with Gasteiger partial charge in [-0.2, -0.15) is 0 Å². The average Bonchev–Trinajstić information content (AvgIpc) is 2.75. The second-order valence-corrected chi connectivity index (χ2v) is 5.29. The molecule has 1 aromatic rings. The van der Waals surface area contributed by atoms with Crippen molar-refractivity contribution in [3.8, 4) is 0 Å². The molecule has 0 saturated heterocycles. The molecule has 3 N–H and O–H groups in total. The molecule has 0 aliphatic heterocycles. The fraction of sp³-hybridized carbons (Fsp3) is 0.667. The number of hydrogen-bond donors (Lipinski definition) is 2. The smallest absolute Gasteiger partial charge is 0.227 e. The van der Waals surface area contributed by atoms with E-state index in [0.717, 1.165) is 23.5 Å². The Morgan fingerprint density at radius 3 is 2.59 bits per heavy atom. The Labute approximate surface area is 107 Å². The second-order valence-electron chi connectivity index (χ2n) is 4.23. The summed E-state index contributed by atoms with van der Waals surface area (Å²) in [4.78, 5) is 16.4. The predicted molar refractivity (Wildman–Crippen MR) is 70.8 cm³/mol. The van der Waals surface area contributed by atoms with Gasteiger partial charge in [0.15, 0.2) is 0 Å². The predicted octanol–water partition coefficient (Wildman–Crippen LogP) is 1.83. The Balaban J connectivity index is 2.59. The molecule has 96 valence electrons. The van der Waals surface area contributed by atoms with Crippen molar-refractivity contribution in [3.63, 3.8) is 0 Å². The number of carbonyl (C=O) groups is 1. The van der Waals surface area contributed by atoms with Crippen molar-refractivity contribution in [2.45, 2.75) is 40.2 Å². The van der Waals surface area contributed by atoms with E-state index in [4.69, 9.17) is 5.73 Å². The first-order valence-corrected chi connectivity index (χ1v) is 6.85. The lowest BCUT2D eigenvalue weighted by atomic mass is 9.81. The van der Waals surface area contributed by atoms with Crippen LogP contribution in [0.1, 0.15) is 37.4 Å². The highest BCUT2D eigenvalue weighted by Crippen LogP contribution is 2.25. The third-order valence-corrected chi connectivity index (χ3v) is 4.14. The monoisotopic (exact) mass is 255 g/mol. The van der Waals surface area contributed by atoms with Crippen LogP contribution in [0.4, 0.5) is 0 Å². The zero-order valence-electron chi connectivity index (χ0n) is 10.7. The summed E-state index contributed by atoms with van der Waals surface area (Å²) in [6.07, 6.45) is 1.53. The van der Waals surface area contributed by atoms with Gasteiger partial charge < -0.3 is 11.1 Å². The molecular formula is C12H21N3OS. The number of nitrogens with zero attached hydrogens (tertiary/aromatic N) is 1. The SMILES string of the molecule is CCC(CC)(CN)C(=O)NCc1csc(C)n1. The number of nitrogens with one attached hydrogen (secondary N) is 1. The molecule has 1 heterocycles. The molecule has 1 amide bonds. The Morgan fingerprint density at radius 1 is 1.53 bits per heavy atom. The van der Waals surface area contributed by atoms with Crippen molar-refractivity contribution in [3.05, 3.63) is 16.1 Å². The first kappa shape index (κ1) is 14.1. The van der Waals surface area contributed by atoms with Crippen molar-refractivity contribution >= 4 is 17.2 Å². The first-order valence-electron chi connectivity index (χ1n) is 5.97. The highest BCUT2D eigenvalue weighted by atomic mass is 32.1. The number of aryl methyl sites for hydroxylation is 1. The Bertz CT molecular complexity index is 363. The minimum absolute atomic E-state index is 0.0376. The van der Waals surface area contributed by atoms with Gasteiger partial charge in [0.05, 0.1) is 22.7 Å². The zero-order valence-corrected chi connectivity index (χ0v) is 11.6. The normalized spacial score (nSPS) is 11.5. The summed E-state index contributed by atoms with van der Waals surface area (Å²) in [6, 6.07) is 0. The second kappa shape index (κ2) is 6.12. The molecule has 5 heteroatoms. The van der Waals surface area contributed by atoms with Crippen LogP contribution < -0.4 is 11.1 Å². The van der Waals surface area contributed by atoms with Crippen LogP contribution >= 0.6 is 11.3 Å². The van der Waals surface area contributed by atoms with E-state index in [1.807, 2.05) is 26.2 Å². The topological polar surface area (TPSA) is 68.0 Å². The average molecular weight is 255 g/mol. The Kier molecular flexibility index (Phi) is 5.08. The summed E-state index contributed by atoms with van der Waals surface area (Å²) in [6.45, 7) is 6.84. The molecule has 0 unspecified atom stereocenters. The molecule has 17 heavy (non-hydrogen) atoms. The molecule has 1 rings (SSSR count). The summed E-state index contributed by atoms with van der Waals surface area (Å²) < 4.78 is 0. The van der Waals surface area contributed by atoms with Gasteiger partial charge in [0, 0.05) is 11.9 Å². The lowest BCUT2D eigenvalue weighted by Crippen LogP contribution is -2.45. The molecule has 0 radical (unpaired) electrons. The molecule has 0 aliphatic rings. The van der Waals surface area contributed by atoms with E-state index >= 15 is 0 Å². The Morgan fingerprint density at radius 2 is 2.18 bits per heavy atom. The summed E-state index contributed by atoms with van der Waals surface area (Å²) in [5.41, 5.74) is 6.22. The van der Waals surface area contributed by atoms with E-state index in [1.54, 1.807) is 11.3 Å². The zero-order chi connectivity index (χ0) is 12.9. The largest absolute Gasteiger partial charge is 0.350 e. The van der Waals surface area contributed by atoms with Gasteiger partial charge in [0.1, 0.15) is 0 Å². The van der Waals surface area contributed by atoms with Crippen molar-refractivity contribution < 1.29 is 4.79 Å². The van der Waals surface area contributed by atoms with Gasteiger partial charge in [-0.25, -0.2) is 4.98 Å². The molecule has 0 aromatic carbocycles. The van der Waals surface area contributed by atoms with Gasteiger partial charge >= 0.3 is 0 Å². The van der Waals surface area contributed by atoms with Gasteiger partial charge in [-0.1, -0.05) is 13.8 Å². The van der Waals surface area contributed by atoms with Crippen LogP contribution in [-0.2, 0) is 11.3 Å². The highest BCUT2D eigenvalue weighted by molar-refractivity contribution is 7.09. The number of aromatic nitrogens is 1. The molecule has 0 atom stereocenters.